The van der Waals surface area contributed by atoms with Gasteiger partial charge in [0, 0.05) is 12.5 Å². The molecule has 0 unspecified atom stereocenters. The van der Waals surface area contributed by atoms with Crippen LogP contribution in [0.4, 0.5) is 0 Å². The molecule has 0 aliphatic heterocycles. The molecule has 1 fully saturated rings. The molecule has 1 saturated carbocycles. The fraction of sp³-hybridized carbons (Fsp3) is 0.889. The summed E-state index contributed by atoms with van der Waals surface area (Å²) in [6.45, 7) is 2.17. The van der Waals surface area contributed by atoms with Gasteiger partial charge in [0.15, 0.2) is 0 Å². The Kier molecular flexibility index (Phi) is 5.93. The molecule has 0 bridgehead atoms. The van der Waals surface area contributed by atoms with E-state index < -0.39 is 0 Å². The fourth-order valence-electron chi connectivity index (χ4n) is 1.77. The van der Waals surface area contributed by atoms with Crippen molar-refractivity contribution in [2.45, 2.75) is 51.5 Å². The van der Waals surface area contributed by atoms with Gasteiger partial charge < -0.3 is 0 Å². The Morgan fingerprint density at radius 3 is 2.46 bits per heavy atom. The van der Waals surface area contributed by atoms with E-state index in [1.54, 1.807) is 0 Å². The van der Waals surface area contributed by atoms with Gasteiger partial charge in [-0.05, 0) is 12.8 Å². The first kappa shape index (κ1) is 12.0. The zero-order chi connectivity index (χ0) is 9.68. The van der Waals surface area contributed by atoms with Crippen LogP contribution in [0.5, 0.6) is 0 Å². The second kappa shape index (κ2) is 6.42. The Labute approximate surface area is 109 Å². The standard InChI is InChI=1S/C9H16I2N2/c1-2-9(12-10)13(11)8-6-4-3-5-7-8/h8H,2-7H2,1H3. The van der Waals surface area contributed by atoms with Gasteiger partial charge in [0.25, 0.3) is 0 Å². The molecule has 0 saturated heterocycles. The van der Waals surface area contributed by atoms with Crippen molar-refractivity contribution in [3.8, 4) is 0 Å². The lowest BCUT2D eigenvalue weighted by Gasteiger charge is -2.30. The zero-order valence-electron chi connectivity index (χ0n) is 7.97. The lowest BCUT2D eigenvalue weighted by Crippen LogP contribution is -2.33. The van der Waals surface area contributed by atoms with Crippen LogP contribution in [0.1, 0.15) is 45.4 Å². The summed E-state index contributed by atoms with van der Waals surface area (Å²) in [5.41, 5.74) is 0. The largest absolute Gasteiger partial charge is 0.299 e. The summed E-state index contributed by atoms with van der Waals surface area (Å²) in [6.07, 6.45) is 7.94. The number of halogens is 2. The van der Waals surface area contributed by atoms with Gasteiger partial charge in [-0.2, -0.15) is 0 Å². The molecule has 0 amide bonds. The van der Waals surface area contributed by atoms with Crippen molar-refractivity contribution in [1.29, 1.82) is 0 Å². The minimum atomic E-state index is 0.739. The predicted octanol–water partition coefficient (Wildman–Crippen LogP) is 4.13. The van der Waals surface area contributed by atoms with Crippen LogP contribution >= 0.6 is 45.7 Å². The fourth-order valence-corrected chi connectivity index (χ4v) is 3.76. The molecule has 2 nitrogen and oxygen atoms in total. The van der Waals surface area contributed by atoms with E-state index in [9.17, 15) is 0 Å². The first-order chi connectivity index (χ1) is 6.29. The number of hydrogen-bond donors (Lipinski definition) is 0. The van der Waals surface area contributed by atoms with E-state index >= 15 is 0 Å². The Balaban J connectivity index is 2.49. The predicted molar refractivity (Wildman–Crippen MR) is 74.5 cm³/mol. The summed E-state index contributed by atoms with van der Waals surface area (Å²) in [5.74, 6) is 1.23. The van der Waals surface area contributed by atoms with E-state index in [-0.39, 0.29) is 0 Å². The molecular formula is C9H16I2N2. The molecule has 0 radical (unpaired) electrons. The Morgan fingerprint density at radius 1 is 1.38 bits per heavy atom. The van der Waals surface area contributed by atoms with Crippen molar-refractivity contribution < 1.29 is 0 Å². The highest BCUT2D eigenvalue weighted by molar-refractivity contribution is 14.1. The third-order valence-electron chi connectivity index (χ3n) is 2.56. The highest BCUT2D eigenvalue weighted by atomic mass is 127. The lowest BCUT2D eigenvalue weighted by atomic mass is 9.95. The maximum Gasteiger partial charge on any atom is 0.119 e. The van der Waals surface area contributed by atoms with Gasteiger partial charge in [0.1, 0.15) is 5.84 Å². The molecule has 1 rings (SSSR count). The van der Waals surface area contributed by atoms with Gasteiger partial charge in [-0.25, -0.2) is 3.21 Å². The van der Waals surface area contributed by atoms with Crippen molar-refractivity contribution in [3.63, 3.8) is 0 Å². The van der Waals surface area contributed by atoms with Crippen LogP contribution in [-0.2, 0) is 0 Å². The third-order valence-corrected chi connectivity index (χ3v) is 4.46. The highest BCUT2D eigenvalue weighted by Crippen LogP contribution is 2.26. The van der Waals surface area contributed by atoms with Gasteiger partial charge in [-0.15, -0.1) is 0 Å². The van der Waals surface area contributed by atoms with E-state index in [0.717, 1.165) is 12.5 Å². The average molecular weight is 406 g/mol. The summed E-state index contributed by atoms with van der Waals surface area (Å²) >= 11 is 4.52. The molecule has 0 spiro atoms. The number of amidine groups is 1. The number of hydrogen-bond acceptors (Lipinski definition) is 1. The monoisotopic (exact) mass is 406 g/mol. The van der Waals surface area contributed by atoms with Gasteiger partial charge in [0.2, 0.25) is 0 Å². The topological polar surface area (TPSA) is 15.6 Å². The second-order valence-corrected chi connectivity index (χ2v) is 4.98. The highest BCUT2D eigenvalue weighted by Gasteiger charge is 2.20. The summed E-state index contributed by atoms with van der Waals surface area (Å²) < 4.78 is 6.64. The van der Waals surface area contributed by atoms with Crippen molar-refractivity contribution in [1.82, 2.24) is 3.11 Å². The van der Waals surface area contributed by atoms with Crippen LogP contribution in [-0.4, -0.2) is 15.0 Å². The van der Waals surface area contributed by atoms with E-state index in [1.807, 2.05) is 0 Å². The summed E-state index contributed by atoms with van der Waals surface area (Å²) in [7, 11) is 0. The summed E-state index contributed by atoms with van der Waals surface area (Å²) in [6, 6.07) is 0.739. The minimum absolute atomic E-state index is 0.739. The molecule has 0 atom stereocenters. The van der Waals surface area contributed by atoms with Crippen LogP contribution in [0.15, 0.2) is 3.21 Å². The molecule has 1 aliphatic carbocycles. The Bertz CT molecular complexity index is 176. The normalized spacial score (nSPS) is 20.4. The summed E-state index contributed by atoms with van der Waals surface area (Å²) in [5, 5.41) is 0. The van der Waals surface area contributed by atoms with Crippen molar-refractivity contribution in [3.05, 3.63) is 0 Å². The molecule has 76 valence electrons. The molecule has 4 heteroatoms. The molecule has 0 aromatic heterocycles. The average Bonchev–Trinajstić information content (AvgIpc) is 2.21. The quantitative estimate of drug-likeness (QED) is 0.292. The van der Waals surface area contributed by atoms with Crippen LogP contribution < -0.4 is 0 Å². The van der Waals surface area contributed by atoms with Gasteiger partial charge in [-0.1, -0.05) is 26.2 Å². The summed E-state index contributed by atoms with van der Waals surface area (Å²) in [4.78, 5) is 0. The van der Waals surface area contributed by atoms with Crippen molar-refractivity contribution >= 4 is 51.6 Å². The first-order valence-corrected chi connectivity index (χ1v) is 6.85. The Morgan fingerprint density at radius 2 is 2.00 bits per heavy atom. The molecule has 1 aliphatic rings. The van der Waals surface area contributed by atoms with E-state index in [0.29, 0.717) is 0 Å². The van der Waals surface area contributed by atoms with E-state index in [4.69, 9.17) is 0 Å². The lowest BCUT2D eigenvalue weighted by molar-refractivity contribution is 0.355. The SMILES string of the molecule is CCC(=NI)N(I)C1CCCCC1. The molecule has 0 N–H and O–H groups in total. The maximum atomic E-state index is 4.29. The number of nitrogens with zero attached hydrogens (tertiary/aromatic N) is 2. The maximum absolute atomic E-state index is 4.29. The number of rotatable bonds is 2. The van der Waals surface area contributed by atoms with E-state index in [1.165, 1.54) is 37.9 Å². The van der Waals surface area contributed by atoms with E-state index in [2.05, 4.69) is 59.0 Å². The Hall–Kier alpha value is 0.930. The smallest absolute Gasteiger partial charge is 0.119 e. The molecule has 0 aromatic rings. The molecule has 0 heterocycles. The molecule has 0 aromatic carbocycles. The zero-order valence-corrected chi connectivity index (χ0v) is 12.3. The van der Waals surface area contributed by atoms with Gasteiger partial charge in [0.05, 0.1) is 45.7 Å². The third kappa shape index (κ3) is 3.53. The van der Waals surface area contributed by atoms with Crippen molar-refractivity contribution in [2.24, 2.45) is 3.21 Å². The van der Waals surface area contributed by atoms with Crippen LogP contribution in [0, 0.1) is 0 Å². The van der Waals surface area contributed by atoms with Crippen LogP contribution in [0.3, 0.4) is 0 Å². The van der Waals surface area contributed by atoms with Gasteiger partial charge >= 0.3 is 0 Å². The van der Waals surface area contributed by atoms with Crippen LogP contribution in [0.2, 0.25) is 0 Å². The second-order valence-electron chi connectivity index (χ2n) is 3.46. The minimum Gasteiger partial charge on any atom is -0.299 e. The van der Waals surface area contributed by atoms with Crippen LogP contribution in [0.25, 0.3) is 0 Å². The molecule has 13 heavy (non-hydrogen) atoms. The first-order valence-electron chi connectivity index (χ1n) is 4.92. The van der Waals surface area contributed by atoms with Gasteiger partial charge in [-0.3, -0.25) is 3.11 Å². The van der Waals surface area contributed by atoms with Crippen molar-refractivity contribution in [2.75, 3.05) is 0 Å². The molecular weight excluding hydrogens is 390 g/mol.